The maximum Gasteiger partial charge on any atom is 0.277 e. The number of hydrogen-bond acceptors (Lipinski definition) is 3. The van der Waals surface area contributed by atoms with E-state index in [-0.39, 0.29) is 4.99 Å². The fraction of sp³-hybridized carbons (Fsp3) is 0.167. The molecule has 0 aromatic heterocycles. The molecule has 0 bridgehead atoms. The van der Waals surface area contributed by atoms with Crippen molar-refractivity contribution in [3.8, 4) is 0 Å². The van der Waals surface area contributed by atoms with Crippen molar-refractivity contribution in [3.05, 3.63) is 29.1 Å². The fourth-order valence-electron chi connectivity index (χ4n) is 0.839. The molecule has 1 heterocycles. The highest BCUT2D eigenvalue weighted by Gasteiger charge is 2.13. The normalized spacial score (nSPS) is 23.3. The molecule has 0 aromatic rings. The van der Waals surface area contributed by atoms with Crippen LogP contribution in [-0.2, 0) is 10.3 Å². The van der Waals surface area contributed by atoms with Crippen LogP contribution in [0.3, 0.4) is 0 Å². The summed E-state index contributed by atoms with van der Waals surface area (Å²) in [6.07, 6.45) is 4.36. The second kappa shape index (κ2) is 3.00. The standard InChI is InChI=1S/C6H7NO3S/c1-5-3-2-4-7(8)6(5)11(9)10/h2-4,7H,1H3. The van der Waals surface area contributed by atoms with Crippen LogP contribution in [0.25, 0.3) is 0 Å². The molecule has 11 heavy (non-hydrogen) atoms. The van der Waals surface area contributed by atoms with Gasteiger partial charge in [-0.3, -0.25) is 0 Å². The van der Waals surface area contributed by atoms with E-state index in [2.05, 4.69) is 0 Å². The third-order valence-corrected chi connectivity index (χ3v) is 2.20. The van der Waals surface area contributed by atoms with Crippen LogP contribution >= 0.6 is 0 Å². The van der Waals surface area contributed by atoms with Crippen LogP contribution in [0.2, 0.25) is 0 Å². The van der Waals surface area contributed by atoms with E-state index in [1.165, 1.54) is 12.3 Å². The number of rotatable bonds is 0. The van der Waals surface area contributed by atoms with Crippen molar-refractivity contribution in [2.45, 2.75) is 6.92 Å². The predicted molar refractivity (Wildman–Crippen MR) is 41.2 cm³/mol. The van der Waals surface area contributed by atoms with Crippen LogP contribution < -0.4 is 5.06 Å². The molecule has 1 atom stereocenters. The molecule has 0 spiro atoms. The van der Waals surface area contributed by atoms with Gasteiger partial charge in [-0.1, -0.05) is 0 Å². The monoisotopic (exact) mass is 173 g/mol. The van der Waals surface area contributed by atoms with Crippen LogP contribution in [0.15, 0.2) is 23.9 Å². The minimum Gasteiger partial charge on any atom is -0.623 e. The Bertz CT molecular complexity index is 342. The summed E-state index contributed by atoms with van der Waals surface area (Å²) in [4.78, 5) is -0.132. The zero-order chi connectivity index (χ0) is 8.43. The number of quaternary nitrogens is 1. The number of hydroxylamine groups is 2. The molecular weight excluding hydrogens is 166 g/mol. The third-order valence-electron chi connectivity index (χ3n) is 1.34. The van der Waals surface area contributed by atoms with Gasteiger partial charge in [0.25, 0.3) is 15.3 Å². The van der Waals surface area contributed by atoms with Gasteiger partial charge < -0.3 is 10.3 Å². The zero-order valence-electron chi connectivity index (χ0n) is 5.87. The van der Waals surface area contributed by atoms with Crippen molar-refractivity contribution in [3.63, 3.8) is 0 Å². The summed E-state index contributed by atoms with van der Waals surface area (Å²) in [5.74, 6) is 0. The minimum absolute atomic E-state index is 0.132. The van der Waals surface area contributed by atoms with Crippen molar-refractivity contribution in [2.75, 3.05) is 0 Å². The molecule has 0 fully saturated rings. The molecule has 0 amide bonds. The lowest BCUT2D eigenvalue weighted by molar-refractivity contribution is -0.680. The summed E-state index contributed by atoms with van der Waals surface area (Å²) in [7, 11) is -2.41. The Morgan fingerprint density at radius 3 is 2.55 bits per heavy atom. The van der Waals surface area contributed by atoms with Crippen molar-refractivity contribution in [1.29, 1.82) is 0 Å². The second-order valence-corrected chi connectivity index (χ2v) is 3.01. The average Bonchev–Trinajstić information content (AvgIpc) is 1.85. The Morgan fingerprint density at radius 1 is 1.55 bits per heavy atom. The summed E-state index contributed by atoms with van der Waals surface area (Å²) in [6, 6.07) is 0. The van der Waals surface area contributed by atoms with E-state index < -0.39 is 15.4 Å². The smallest absolute Gasteiger partial charge is 0.277 e. The van der Waals surface area contributed by atoms with Crippen molar-refractivity contribution >= 4 is 15.3 Å². The van der Waals surface area contributed by atoms with E-state index >= 15 is 0 Å². The fourth-order valence-corrected chi connectivity index (χ4v) is 1.40. The number of hydrogen-bond donors (Lipinski definition) is 1. The molecule has 4 nitrogen and oxygen atoms in total. The van der Waals surface area contributed by atoms with Crippen molar-refractivity contribution in [2.24, 2.45) is 0 Å². The van der Waals surface area contributed by atoms with Crippen LogP contribution in [0.4, 0.5) is 0 Å². The Labute approximate surface area is 65.5 Å². The van der Waals surface area contributed by atoms with Gasteiger partial charge in [0.05, 0.1) is 0 Å². The lowest BCUT2D eigenvalue weighted by Gasteiger charge is -2.18. The van der Waals surface area contributed by atoms with Gasteiger partial charge in [-0.2, -0.15) is 8.42 Å². The highest BCUT2D eigenvalue weighted by atomic mass is 32.2. The molecule has 1 N–H and O–H groups in total. The summed E-state index contributed by atoms with van der Waals surface area (Å²) in [5, 5.41) is 10.4. The molecule has 0 aliphatic carbocycles. The number of allylic oxidation sites excluding steroid dienone is 2. The zero-order valence-corrected chi connectivity index (χ0v) is 6.68. The third kappa shape index (κ3) is 1.56. The van der Waals surface area contributed by atoms with Crippen LogP contribution in [0, 0.1) is 5.21 Å². The van der Waals surface area contributed by atoms with Gasteiger partial charge >= 0.3 is 0 Å². The average molecular weight is 173 g/mol. The molecule has 1 aliphatic rings. The maximum atomic E-state index is 10.9. The molecule has 1 aliphatic heterocycles. The largest absolute Gasteiger partial charge is 0.623 e. The molecule has 60 valence electrons. The van der Waals surface area contributed by atoms with E-state index in [0.29, 0.717) is 5.57 Å². The van der Waals surface area contributed by atoms with E-state index in [1.807, 2.05) is 0 Å². The van der Waals surface area contributed by atoms with Crippen molar-refractivity contribution in [1.82, 2.24) is 0 Å². The molecule has 0 aromatic carbocycles. The highest BCUT2D eigenvalue weighted by molar-refractivity contribution is 7.72. The van der Waals surface area contributed by atoms with Gasteiger partial charge in [0.15, 0.2) is 0 Å². The summed E-state index contributed by atoms with van der Waals surface area (Å²) >= 11 is 0. The molecule has 0 saturated carbocycles. The topological polar surface area (TPSA) is 61.6 Å². The van der Waals surface area contributed by atoms with Crippen LogP contribution in [0.1, 0.15) is 6.92 Å². The van der Waals surface area contributed by atoms with E-state index in [9.17, 15) is 13.6 Å². The van der Waals surface area contributed by atoms with Gasteiger partial charge in [0.1, 0.15) is 6.20 Å². The summed E-state index contributed by atoms with van der Waals surface area (Å²) in [5.41, 5.74) is 0.492. The van der Waals surface area contributed by atoms with Gasteiger partial charge in [-0.05, 0) is 19.1 Å². The van der Waals surface area contributed by atoms with E-state index in [0.717, 1.165) is 0 Å². The summed E-state index contributed by atoms with van der Waals surface area (Å²) in [6.45, 7) is 1.59. The first kappa shape index (κ1) is 8.19. The Kier molecular flexibility index (Phi) is 2.23. The van der Waals surface area contributed by atoms with Crippen molar-refractivity contribution < 1.29 is 13.5 Å². The van der Waals surface area contributed by atoms with Gasteiger partial charge in [-0.25, -0.2) is 0 Å². The Hall–Kier alpha value is -0.910. The van der Waals surface area contributed by atoms with Crippen LogP contribution in [-0.4, -0.2) is 13.4 Å². The first-order valence-electron chi connectivity index (χ1n) is 2.99. The maximum absolute atomic E-state index is 10.9. The van der Waals surface area contributed by atoms with Gasteiger partial charge in [-0.15, -0.1) is 0 Å². The molecule has 0 saturated heterocycles. The van der Waals surface area contributed by atoms with E-state index in [4.69, 9.17) is 0 Å². The minimum atomic E-state index is -2.41. The first-order valence-corrected chi connectivity index (χ1v) is 4.06. The SMILES string of the molecule is CC1=CC=C[NH+]([O-])C1=S(=O)=O. The quantitative estimate of drug-likeness (QED) is 0.372. The Morgan fingerprint density at radius 2 is 2.18 bits per heavy atom. The molecular formula is C6H7NO3S. The van der Waals surface area contributed by atoms with Crippen LogP contribution in [0.5, 0.6) is 0 Å². The number of nitrogens with one attached hydrogen (secondary N) is 1. The second-order valence-electron chi connectivity index (χ2n) is 2.14. The Balaban J connectivity index is 3.28. The van der Waals surface area contributed by atoms with E-state index in [1.54, 1.807) is 13.0 Å². The highest BCUT2D eigenvalue weighted by Crippen LogP contribution is 1.94. The van der Waals surface area contributed by atoms with Gasteiger partial charge in [0, 0.05) is 5.57 Å². The lowest BCUT2D eigenvalue weighted by atomic mass is 10.2. The lowest BCUT2D eigenvalue weighted by Crippen LogP contribution is -3.06. The summed E-state index contributed by atoms with van der Waals surface area (Å²) < 4.78 is 20.9. The van der Waals surface area contributed by atoms with Gasteiger partial charge in [0.2, 0.25) is 0 Å². The predicted octanol–water partition coefficient (Wildman–Crippen LogP) is -1.15. The molecule has 1 unspecified atom stereocenters. The molecule has 5 heteroatoms. The molecule has 1 rings (SSSR count). The molecule has 0 radical (unpaired) electrons. The first-order chi connectivity index (χ1) is 5.13.